The molecular formula is C16H18N6O2. The van der Waals surface area contributed by atoms with Crippen molar-refractivity contribution < 1.29 is 9.47 Å². The number of hydrogen-bond acceptors (Lipinski definition) is 8. The van der Waals surface area contributed by atoms with Crippen molar-refractivity contribution in [2.45, 2.75) is 6.29 Å². The Bertz CT molecular complexity index is 795. The number of nitrogens with zero attached hydrogens (tertiary/aromatic N) is 4. The van der Waals surface area contributed by atoms with Crippen molar-refractivity contribution in [1.29, 1.82) is 0 Å². The molecule has 0 bridgehead atoms. The molecule has 1 aromatic carbocycles. The van der Waals surface area contributed by atoms with Crippen molar-refractivity contribution in [3.63, 3.8) is 0 Å². The van der Waals surface area contributed by atoms with E-state index < -0.39 is 6.29 Å². The van der Waals surface area contributed by atoms with E-state index in [1.165, 1.54) is 0 Å². The molecule has 0 aliphatic heterocycles. The van der Waals surface area contributed by atoms with E-state index in [0.717, 1.165) is 5.69 Å². The van der Waals surface area contributed by atoms with E-state index in [-0.39, 0.29) is 0 Å². The molecule has 0 unspecified atom stereocenters. The summed E-state index contributed by atoms with van der Waals surface area (Å²) in [4.78, 5) is 17.4. The number of rotatable bonds is 7. The van der Waals surface area contributed by atoms with Crippen molar-refractivity contribution in [3.05, 3.63) is 42.7 Å². The summed E-state index contributed by atoms with van der Waals surface area (Å²) in [5, 5.41) is 6.33. The Labute approximate surface area is 139 Å². The van der Waals surface area contributed by atoms with Crippen LogP contribution in [0, 0.1) is 0 Å². The summed E-state index contributed by atoms with van der Waals surface area (Å²) in [6.07, 6.45) is 2.82. The molecule has 8 heteroatoms. The summed E-state index contributed by atoms with van der Waals surface area (Å²) in [5.41, 5.74) is 2.00. The van der Waals surface area contributed by atoms with Gasteiger partial charge in [0.2, 0.25) is 5.95 Å². The first-order valence-corrected chi connectivity index (χ1v) is 7.40. The van der Waals surface area contributed by atoms with Crippen LogP contribution >= 0.6 is 0 Å². The van der Waals surface area contributed by atoms with E-state index in [0.29, 0.717) is 29.5 Å². The van der Waals surface area contributed by atoms with Crippen LogP contribution in [0.15, 0.2) is 42.7 Å². The van der Waals surface area contributed by atoms with Crippen molar-refractivity contribution in [1.82, 2.24) is 19.9 Å². The number of nitrogens with one attached hydrogen (secondary N) is 2. The normalized spacial score (nSPS) is 11.0. The van der Waals surface area contributed by atoms with E-state index >= 15 is 0 Å². The van der Waals surface area contributed by atoms with E-state index in [4.69, 9.17) is 9.47 Å². The van der Waals surface area contributed by atoms with Gasteiger partial charge < -0.3 is 20.1 Å². The predicted octanol–water partition coefficient (Wildman–Crippen LogP) is 2.19. The van der Waals surface area contributed by atoms with Crippen LogP contribution in [0.2, 0.25) is 0 Å². The maximum Gasteiger partial charge on any atom is 0.227 e. The molecule has 3 aromatic rings. The Morgan fingerprint density at radius 3 is 2.50 bits per heavy atom. The van der Waals surface area contributed by atoms with E-state index in [2.05, 4.69) is 30.6 Å². The Morgan fingerprint density at radius 1 is 1.00 bits per heavy atom. The number of benzene rings is 1. The van der Waals surface area contributed by atoms with Crippen LogP contribution < -0.4 is 10.6 Å². The van der Waals surface area contributed by atoms with Crippen LogP contribution in [0.5, 0.6) is 0 Å². The summed E-state index contributed by atoms with van der Waals surface area (Å²) < 4.78 is 10.3. The number of hydrogen-bond donors (Lipinski definition) is 2. The van der Waals surface area contributed by atoms with Crippen molar-refractivity contribution >= 4 is 28.6 Å². The number of aromatic nitrogens is 4. The molecule has 3 rings (SSSR count). The highest BCUT2D eigenvalue weighted by Crippen LogP contribution is 2.22. The second kappa shape index (κ2) is 7.62. The maximum atomic E-state index is 5.15. The lowest BCUT2D eigenvalue weighted by atomic mass is 10.3. The summed E-state index contributed by atoms with van der Waals surface area (Å²) in [6.45, 7) is 0.406. The molecule has 0 amide bonds. The van der Waals surface area contributed by atoms with Gasteiger partial charge in [-0.25, -0.2) is 9.97 Å². The van der Waals surface area contributed by atoms with Gasteiger partial charge >= 0.3 is 0 Å². The summed E-state index contributed by atoms with van der Waals surface area (Å²) in [5.74, 6) is 0.994. The van der Waals surface area contributed by atoms with Gasteiger partial charge in [0.25, 0.3) is 0 Å². The Kier molecular flexibility index (Phi) is 5.09. The molecule has 24 heavy (non-hydrogen) atoms. The van der Waals surface area contributed by atoms with Gasteiger partial charge in [-0.05, 0) is 12.1 Å². The molecule has 0 saturated heterocycles. The number of ether oxygens (including phenoxy) is 2. The molecule has 0 radical (unpaired) electrons. The predicted molar refractivity (Wildman–Crippen MR) is 91.1 cm³/mol. The molecule has 2 heterocycles. The minimum atomic E-state index is -0.392. The molecular weight excluding hydrogens is 308 g/mol. The van der Waals surface area contributed by atoms with Gasteiger partial charge in [-0.2, -0.15) is 9.97 Å². The SMILES string of the molecule is COC(CNc1nc(Nc2ccccc2)c2nccnc2n1)OC. The topological polar surface area (TPSA) is 94.1 Å². The fraction of sp³-hybridized carbons (Fsp3) is 0.250. The molecule has 124 valence electrons. The zero-order chi connectivity index (χ0) is 16.8. The zero-order valence-electron chi connectivity index (χ0n) is 13.4. The Hall–Kier alpha value is -2.84. The Balaban J connectivity index is 1.91. The highest BCUT2D eigenvalue weighted by molar-refractivity contribution is 5.85. The van der Waals surface area contributed by atoms with Crippen molar-refractivity contribution in [2.24, 2.45) is 0 Å². The molecule has 0 aliphatic rings. The van der Waals surface area contributed by atoms with Gasteiger partial charge in [-0.1, -0.05) is 18.2 Å². The lowest BCUT2D eigenvalue weighted by molar-refractivity contribution is -0.0914. The van der Waals surface area contributed by atoms with Crippen LogP contribution in [0.25, 0.3) is 11.2 Å². The molecule has 2 N–H and O–H groups in total. The molecule has 0 atom stereocenters. The minimum absolute atomic E-state index is 0.392. The van der Waals surface area contributed by atoms with Gasteiger partial charge in [0.15, 0.2) is 23.3 Å². The number of fused-ring (bicyclic) bond motifs is 1. The van der Waals surface area contributed by atoms with Crippen LogP contribution in [-0.4, -0.2) is 47.0 Å². The average molecular weight is 326 g/mol. The third kappa shape index (κ3) is 3.73. The lowest BCUT2D eigenvalue weighted by Crippen LogP contribution is -2.24. The van der Waals surface area contributed by atoms with Crippen molar-refractivity contribution in [3.8, 4) is 0 Å². The highest BCUT2D eigenvalue weighted by atomic mass is 16.7. The van der Waals surface area contributed by atoms with E-state index in [1.54, 1.807) is 26.6 Å². The van der Waals surface area contributed by atoms with Gasteiger partial charge in [0, 0.05) is 32.3 Å². The quantitative estimate of drug-likeness (QED) is 0.638. The fourth-order valence-electron chi connectivity index (χ4n) is 2.13. The fourth-order valence-corrected chi connectivity index (χ4v) is 2.13. The molecule has 2 aromatic heterocycles. The van der Waals surface area contributed by atoms with Gasteiger partial charge in [0.1, 0.15) is 0 Å². The number of anilines is 3. The Morgan fingerprint density at radius 2 is 1.75 bits per heavy atom. The molecule has 0 fully saturated rings. The van der Waals surface area contributed by atoms with Crippen molar-refractivity contribution in [2.75, 3.05) is 31.4 Å². The van der Waals surface area contributed by atoms with E-state index in [9.17, 15) is 0 Å². The van der Waals surface area contributed by atoms with Gasteiger partial charge in [0.05, 0.1) is 6.54 Å². The largest absolute Gasteiger partial charge is 0.354 e. The first kappa shape index (κ1) is 16.0. The monoisotopic (exact) mass is 326 g/mol. The van der Waals surface area contributed by atoms with Crippen LogP contribution in [0.4, 0.5) is 17.5 Å². The third-order valence-electron chi connectivity index (χ3n) is 3.32. The molecule has 0 saturated carbocycles. The summed E-state index contributed by atoms with van der Waals surface area (Å²) in [7, 11) is 3.15. The first-order chi connectivity index (χ1) is 11.8. The van der Waals surface area contributed by atoms with Crippen LogP contribution in [0.1, 0.15) is 0 Å². The van der Waals surface area contributed by atoms with Gasteiger partial charge in [-0.3, -0.25) is 0 Å². The highest BCUT2D eigenvalue weighted by Gasteiger charge is 2.12. The second-order valence-corrected chi connectivity index (χ2v) is 4.90. The van der Waals surface area contributed by atoms with Crippen LogP contribution in [-0.2, 0) is 9.47 Å². The summed E-state index contributed by atoms with van der Waals surface area (Å²) >= 11 is 0. The molecule has 0 aliphatic carbocycles. The van der Waals surface area contributed by atoms with E-state index in [1.807, 2.05) is 30.3 Å². The molecule has 0 spiro atoms. The minimum Gasteiger partial charge on any atom is -0.354 e. The smallest absolute Gasteiger partial charge is 0.227 e. The van der Waals surface area contributed by atoms with Crippen LogP contribution in [0.3, 0.4) is 0 Å². The van der Waals surface area contributed by atoms with Gasteiger partial charge in [-0.15, -0.1) is 0 Å². The third-order valence-corrected chi connectivity index (χ3v) is 3.32. The standard InChI is InChI=1S/C16H18N6O2/c1-23-12(24-2)10-19-16-21-14-13(17-8-9-18-14)15(22-16)20-11-6-4-3-5-7-11/h3-9,12H,10H2,1-2H3,(H2,18,19,20,21,22). The first-order valence-electron chi connectivity index (χ1n) is 7.40. The lowest BCUT2D eigenvalue weighted by Gasteiger charge is -2.15. The number of methoxy groups -OCH3 is 2. The number of para-hydroxylation sites is 1. The summed E-state index contributed by atoms with van der Waals surface area (Å²) in [6, 6.07) is 9.73. The average Bonchev–Trinajstić information content (AvgIpc) is 2.63. The maximum absolute atomic E-state index is 5.15. The zero-order valence-corrected chi connectivity index (χ0v) is 13.4. The second-order valence-electron chi connectivity index (χ2n) is 4.90. The molecule has 8 nitrogen and oxygen atoms in total.